The Bertz CT molecular complexity index is 456. The Labute approximate surface area is 118 Å². The molecule has 3 amide bonds. The lowest BCUT2D eigenvalue weighted by molar-refractivity contribution is -0.133. The molecule has 0 aromatic carbocycles. The van der Waals surface area contributed by atoms with Gasteiger partial charge in [0, 0.05) is 24.2 Å². The van der Waals surface area contributed by atoms with Crippen LogP contribution in [0.2, 0.25) is 0 Å². The number of rotatable bonds is 2. The Morgan fingerprint density at radius 3 is 2.00 bits per heavy atom. The van der Waals surface area contributed by atoms with Crippen LogP contribution < -0.4 is 5.32 Å². The molecule has 2 N–H and O–H groups in total. The molecule has 0 radical (unpaired) electrons. The molecule has 0 aliphatic carbocycles. The van der Waals surface area contributed by atoms with E-state index in [1.54, 1.807) is 4.90 Å². The summed E-state index contributed by atoms with van der Waals surface area (Å²) < 4.78 is 0. The average Bonchev–Trinajstić information content (AvgIpc) is 2.36. The zero-order valence-corrected chi connectivity index (χ0v) is 12.4. The van der Waals surface area contributed by atoms with Crippen molar-refractivity contribution in [1.29, 1.82) is 0 Å². The predicted molar refractivity (Wildman–Crippen MR) is 74.1 cm³/mol. The smallest absolute Gasteiger partial charge is 0.331 e. The molecule has 1 aliphatic heterocycles. The number of amides is 3. The Morgan fingerprint density at radius 1 is 1.05 bits per heavy atom. The summed E-state index contributed by atoms with van der Waals surface area (Å²) in [4.78, 5) is 36.1. The first-order valence-electron chi connectivity index (χ1n) is 6.65. The minimum absolute atomic E-state index is 0.0446. The van der Waals surface area contributed by atoms with Crippen molar-refractivity contribution in [2.24, 2.45) is 5.41 Å². The molecule has 20 heavy (non-hydrogen) atoms. The van der Waals surface area contributed by atoms with Gasteiger partial charge in [0.1, 0.15) is 0 Å². The first-order chi connectivity index (χ1) is 9.14. The van der Waals surface area contributed by atoms with Gasteiger partial charge in [0.05, 0.1) is 0 Å². The third kappa shape index (κ3) is 4.08. The minimum Gasteiger partial charge on any atom is -0.478 e. The number of nitrogens with one attached hydrogen (secondary N) is 1. The van der Waals surface area contributed by atoms with E-state index < -0.39 is 17.9 Å². The van der Waals surface area contributed by atoms with E-state index in [0.29, 0.717) is 13.1 Å². The second kappa shape index (κ2) is 6.07. The van der Waals surface area contributed by atoms with E-state index in [-0.39, 0.29) is 16.6 Å². The molecule has 0 aromatic heterocycles. The zero-order valence-electron chi connectivity index (χ0n) is 12.4. The molecule has 6 heteroatoms. The second-order valence-electron chi connectivity index (χ2n) is 5.97. The van der Waals surface area contributed by atoms with Gasteiger partial charge < -0.3 is 10.0 Å². The van der Waals surface area contributed by atoms with Crippen molar-refractivity contribution in [2.75, 3.05) is 13.1 Å². The molecule has 1 heterocycles. The molecule has 1 saturated heterocycles. The first kappa shape index (κ1) is 16.2. The molecule has 0 atom stereocenters. The molecule has 6 nitrogen and oxygen atoms in total. The van der Waals surface area contributed by atoms with Crippen LogP contribution in [0.15, 0.2) is 11.1 Å². The fourth-order valence-corrected chi connectivity index (χ4v) is 1.92. The van der Waals surface area contributed by atoms with Crippen LogP contribution in [0.1, 0.15) is 40.5 Å². The van der Waals surface area contributed by atoms with E-state index in [2.05, 4.69) is 19.2 Å². The highest BCUT2D eigenvalue weighted by Crippen LogP contribution is 2.29. The highest BCUT2D eigenvalue weighted by atomic mass is 16.4. The van der Waals surface area contributed by atoms with Gasteiger partial charge in [-0.15, -0.1) is 0 Å². The van der Waals surface area contributed by atoms with Gasteiger partial charge in [0.15, 0.2) is 0 Å². The van der Waals surface area contributed by atoms with E-state index in [4.69, 9.17) is 5.11 Å². The van der Waals surface area contributed by atoms with Gasteiger partial charge in [0.25, 0.3) is 5.91 Å². The molecule has 112 valence electrons. The third-order valence-electron chi connectivity index (χ3n) is 3.85. The summed E-state index contributed by atoms with van der Waals surface area (Å²) in [5.41, 5.74) is 0.203. The molecule has 0 unspecified atom stereocenters. The number of hydrogen-bond acceptors (Lipinski definition) is 3. The summed E-state index contributed by atoms with van der Waals surface area (Å²) in [6.07, 6.45) is 1.77. The number of piperidine rings is 1. The standard InChI is InChI=1S/C14H22N2O4/c1-9(10(2)12(18)19)11(17)15-13(20)16-7-5-14(3,4)6-8-16/h5-8H2,1-4H3,(H,18,19)(H,15,17,20). The number of nitrogens with zero attached hydrogens (tertiary/aromatic N) is 1. The van der Waals surface area contributed by atoms with Crippen molar-refractivity contribution in [1.82, 2.24) is 10.2 Å². The minimum atomic E-state index is -1.16. The highest BCUT2D eigenvalue weighted by molar-refractivity contribution is 6.07. The van der Waals surface area contributed by atoms with Crippen LogP contribution in [0.3, 0.4) is 0 Å². The van der Waals surface area contributed by atoms with Crippen molar-refractivity contribution >= 4 is 17.9 Å². The van der Waals surface area contributed by atoms with Crippen molar-refractivity contribution in [2.45, 2.75) is 40.5 Å². The average molecular weight is 282 g/mol. The lowest BCUT2D eigenvalue weighted by atomic mass is 9.83. The van der Waals surface area contributed by atoms with Crippen LogP contribution in [-0.4, -0.2) is 41.0 Å². The maximum Gasteiger partial charge on any atom is 0.331 e. The fraction of sp³-hybridized carbons (Fsp3) is 0.643. The predicted octanol–water partition coefficient (Wildman–Crippen LogP) is 1.77. The summed E-state index contributed by atoms with van der Waals surface area (Å²) in [7, 11) is 0. The number of aliphatic carboxylic acids is 1. The number of imide groups is 1. The van der Waals surface area contributed by atoms with E-state index in [1.807, 2.05) is 0 Å². The molecule has 0 aromatic rings. The number of carboxylic acid groups (broad SMARTS) is 1. The number of hydrogen-bond donors (Lipinski definition) is 2. The van der Waals surface area contributed by atoms with Crippen molar-refractivity contribution in [3.05, 3.63) is 11.1 Å². The van der Waals surface area contributed by atoms with E-state index in [1.165, 1.54) is 13.8 Å². The summed E-state index contributed by atoms with van der Waals surface area (Å²) in [5.74, 6) is -1.82. The Balaban J connectivity index is 2.62. The molecular weight excluding hydrogens is 260 g/mol. The van der Waals surface area contributed by atoms with Gasteiger partial charge in [-0.25, -0.2) is 9.59 Å². The molecular formula is C14H22N2O4. The molecule has 1 rings (SSSR count). The Kier molecular flexibility index (Phi) is 4.92. The normalized spacial score (nSPS) is 19.1. The van der Waals surface area contributed by atoms with Gasteiger partial charge >= 0.3 is 12.0 Å². The summed E-state index contributed by atoms with van der Waals surface area (Å²) in [5, 5.41) is 11.0. The summed E-state index contributed by atoms with van der Waals surface area (Å²) >= 11 is 0. The Morgan fingerprint density at radius 2 is 1.55 bits per heavy atom. The summed E-state index contributed by atoms with van der Waals surface area (Å²) in [6.45, 7) is 8.24. The molecule has 1 aliphatic rings. The van der Waals surface area contributed by atoms with Gasteiger partial charge in [0.2, 0.25) is 0 Å². The van der Waals surface area contributed by atoms with Crippen LogP contribution in [0.4, 0.5) is 4.79 Å². The molecule has 0 bridgehead atoms. The third-order valence-corrected chi connectivity index (χ3v) is 3.85. The van der Waals surface area contributed by atoms with Crippen LogP contribution in [0.5, 0.6) is 0 Å². The molecule has 0 spiro atoms. The van der Waals surface area contributed by atoms with Crippen LogP contribution >= 0.6 is 0 Å². The number of urea groups is 1. The lowest BCUT2D eigenvalue weighted by Crippen LogP contribution is -2.48. The fourth-order valence-electron chi connectivity index (χ4n) is 1.92. The number of carboxylic acids is 1. The number of carbonyl (C=O) groups excluding carboxylic acids is 2. The van der Waals surface area contributed by atoms with Crippen LogP contribution in [0, 0.1) is 5.41 Å². The largest absolute Gasteiger partial charge is 0.478 e. The topological polar surface area (TPSA) is 86.7 Å². The summed E-state index contributed by atoms with van der Waals surface area (Å²) in [6, 6.07) is -0.456. The highest BCUT2D eigenvalue weighted by Gasteiger charge is 2.28. The molecule has 1 fully saturated rings. The quantitative estimate of drug-likeness (QED) is 0.756. The van der Waals surface area contributed by atoms with Gasteiger partial charge in [-0.2, -0.15) is 0 Å². The first-order valence-corrected chi connectivity index (χ1v) is 6.65. The molecule has 0 saturated carbocycles. The van der Waals surface area contributed by atoms with Gasteiger partial charge in [-0.3, -0.25) is 10.1 Å². The van der Waals surface area contributed by atoms with Gasteiger partial charge in [-0.05, 0) is 32.1 Å². The lowest BCUT2D eigenvalue weighted by Gasteiger charge is -2.36. The van der Waals surface area contributed by atoms with Gasteiger partial charge in [-0.1, -0.05) is 13.8 Å². The van der Waals surface area contributed by atoms with Crippen LogP contribution in [0.25, 0.3) is 0 Å². The maximum atomic E-state index is 11.9. The van der Waals surface area contributed by atoms with Crippen molar-refractivity contribution in [3.63, 3.8) is 0 Å². The SMILES string of the molecule is CC(C(=O)O)=C(C)C(=O)NC(=O)N1CCC(C)(C)CC1. The number of likely N-dealkylation sites (tertiary alicyclic amines) is 1. The van der Waals surface area contributed by atoms with E-state index >= 15 is 0 Å². The Hall–Kier alpha value is -1.85. The number of carbonyl (C=O) groups is 3. The van der Waals surface area contributed by atoms with Crippen molar-refractivity contribution in [3.8, 4) is 0 Å². The van der Waals surface area contributed by atoms with E-state index in [9.17, 15) is 14.4 Å². The zero-order chi connectivity index (χ0) is 15.5. The van der Waals surface area contributed by atoms with Crippen LogP contribution in [-0.2, 0) is 9.59 Å². The van der Waals surface area contributed by atoms with E-state index in [0.717, 1.165) is 12.8 Å². The monoisotopic (exact) mass is 282 g/mol. The van der Waals surface area contributed by atoms with Crippen molar-refractivity contribution < 1.29 is 19.5 Å². The maximum absolute atomic E-state index is 11.9. The second-order valence-corrected chi connectivity index (χ2v) is 5.97.